The van der Waals surface area contributed by atoms with Gasteiger partial charge in [0.25, 0.3) is 10.0 Å². The van der Waals surface area contributed by atoms with Crippen LogP contribution in [0, 0.1) is 0 Å². The third kappa shape index (κ3) is 3.06. The van der Waals surface area contributed by atoms with Crippen molar-refractivity contribution in [2.75, 3.05) is 0 Å². The number of amidine groups is 1. The molecule has 2 aliphatic rings. The lowest BCUT2D eigenvalue weighted by atomic mass is 9.94. The van der Waals surface area contributed by atoms with Crippen molar-refractivity contribution in [1.82, 2.24) is 0 Å². The standard InChI is InChI=1S/C14H16F2N2O3S/c15-14(16)6-4-10(5-7-14)21-11-3-1-2-9-8-22(19,20)18-13(17)12(9)11/h1-3,10H,4-8H2,(H2,17,18). The van der Waals surface area contributed by atoms with Gasteiger partial charge in [-0.2, -0.15) is 0 Å². The second-order valence-electron chi connectivity index (χ2n) is 5.67. The second-order valence-corrected chi connectivity index (χ2v) is 7.30. The average Bonchev–Trinajstić information content (AvgIpc) is 2.39. The molecular formula is C14H16F2N2O3S. The first-order valence-electron chi connectivity index (χ1n) is 7.01. The Balaban J connectivity index is 1.85. The highest BCUT2D eigenvalue weighted by molar-refractivity contribution is 7.89. The Kier molecular flexibility index (Phi) is 3.58. The fourth-order valence-corrected chi connectivity index (χ4v) is 3.91. The van der Waals surface area contributed by atoms with Gasteiger partial charge in [0.15, 0.2) is 0 Å². The van der Waals surface area contributed by atoms with Crippen molar-refractivity contribution < 1.29 is 21.9 Å². The minimum atomic E-state index is -3.60. The summed E-state index contributed by atoms with van der Waals surface area (Å²) >= 11 is 0. The highest BCUT2D eigenvalue weighted by atomic mass is 32.2. The summed E-state index contributed by atoms with van der Waals surface area (Å²) in [6, 6.07) is 4.97. The Morgan fingerprint density at radius 2 is 1.95 bits per heavy atom. The maximum Gasteiger partial charge on any atom is 0.259 e. The SMILES string of the molecule is NC1=NS(=O)(=O)Cc2cccc(OC3CCC(F)(F)CC3)c21. The zero-order valence-corrected chi connectivity index (χ0v) is 12.6. The average molecular weight is 330 g/mol. The van der Waals surface area contributed by atoms with E-state index < -0.39 is 15.9 Å². The van der Waals surface area contributed by atoms with Gasteiger partial charge in [0.2, 0.25) is 5.92 Å². The number of hydrogen-bond donors (Lipinski definition) is 1. The van der Waals surface area contributed by atoms with E-state index in [9.17, 15) is 17.2 Å². The summed E-state index contributed by atoms with van der Waals surface area (Å²) in [6.07, 6.45) is -0.217. The molecule has 1 heterocycles. The summed E-state index contributed by atoms with van der Waals surface area (Å²) in [4.78, 5) is 0. The molecule has 0 spiro atoms. The molecule has 22 heavy (non-hydrogen) atoms. The molecular weight excluding hydrogens is 314 g/mol. The van der Waals surface area contributed by atoms with E-state index in [1.54, 1.807) is 18.2 Å². The zero-order valence-electron chi connectivity index (χ0n) is 11.8. The molecule has 0 saturated heterocycles. The fraction of sp³-hybridized carbons (Fsp3) is 0.500. The fourth-order valence-electron chi connectivity index (χ4n) is 2.82. The third-order valence-corrected chi connectivity index (χ3v) is 5.05. The van der Waals surface area contributed by atoms with Gasteiger partial charge in [-0.1, -0.05) is 12.1 Å². The van der Waals surface area contributed by atoms with Crippen LogP contribution in [0.1, 0.15) is 36.8 Å². The van der Waals surface area contributed by atoms with Crippen LogP contribution >= 0.6 is 0 Å². The minimum Gasteiger partial charge on any atom is -0.490 e. The van der Waals surface area contributed by atoms with Crippen LogP contribution in [0.15, 0.2) is 22.6 Å². The molecule has 0 unspecified atom stereocenters. The zero-order chi connectivity index (χ0) is 16.0. The molecule has 0 bridgehead atoms. The quantitative estimate of drug-likeness (QED) is 0.901. The predicted octanol–water partition coefficient (Wildman–Crippen LogP) is 2.19. The van der Waals surface area contributed by atoms with E-state index in [1.165, 1.54) is 0 Å². The Morgan fingerprint density at radius 3 is 2.64 bits per heavy atom. The molecule has 3 rings (SSSR count). The molecule has 1 aromatic rings. The lowest BCUT2D eigenvalue weighted by Crippen LogP contribution is -2.32. The van der Waals surface area contributed by atoms with Crippen LogP contribution in [-0.4, -0.2) is 26.3 Å². The van der Waals surface area contributed by atoms with E-state index in [2.05, 4.69) is 4.40 Å². The molecule has 8 heteroatoms. The van der Waals surface area contributed by atoms with Crippen molar-refractivity contribution in [3.8, 4) is 5.75 Å². The lowest BCUT2D eigenvalue weighted by molar-refractivity contribution is -0.0582. The van der Waals surface area contributed by atoms with Crippen LogP contribution in [0.2, 0.25) is 0 Å². The Morgan fingerprint density at radius 1 is 1.27 bits per heavy atom. The van der Waals surface area contributed by atoms with E-state index in [-0.39, 0.29) is 43.4 Å². The largest absolute Gasteiger partial charge is 0.490 e. The van der Waals surface area contributed by atoms with E-state index in [0.29, 0.717) is 16.9 Å². The minimum absolute atomic E-state index is 0.113. The molecule has 1 saturated carbocycles. The summed E-state index contributed by atoms with van der Waals surface area (Å²) in [7, 11) is -3.60. The number of nitrogens with zero attached hydrogens (tertiary/aromatic N) is 1. The normalized spacial score (nSPS) is 23.5. The van der Waals surface area contributed by atoms with E-state index >= 15 is 0 Å². The first-order chi connectivity index (χ1) is 10.3. The van der Waals surface area contributed by atoms with Crippen LogP contribution in [0.4, 0.5) is 8.78 Å². The molecule has 0 amide bonds. The van der Waals surface area contributed by atoms with Crippen molar-refractivity contribution in [1.29, 1.82) is 0 Å². The van der Waals surface area contributed by atoms with Crippen LogP contribution < -0.4 is 10.5 Å². The first kappa shape index (κ1) is 15.2. The monoisotopic (exact) mass is 330 g/mol. The summed E-state index contributed by atoms with van der Waals surface area (Å²) < 4.78 is 58.9. The second kappa shape index (κ2) is 5.19. The molecule has 2 N–H and O–H groups in total. The number of alkyl halides is 2. The van der Waals surface area contributed by atoms with Gasteiger partial charge in [-0.25, -0.2) is 17.2 Å². The highest BCUT2D eigenvalue weighted by Gasteiger charge is 2.36. The summed E-state index contributed by atoms with van der Waals surface area (Å²) in [5.74, 6) is -2.56. The van der Waals surface area contributed by atoms with Gasteiger partial charge in [0.1, 0.15) is 11.6 Å². The van der Waals surface area contributed by atoms with Gasteiger partial charge < -0.3 is 10.5 Å². The number of hydrogen-bond acceptors (Lipinski definition) is 4. The molecule has 0 aromatic heterocycles. The summed E-state index contributed by atoms with van der Waals surface area (Å²) in [5.41, 5.74) is 6.71. The van der Waals surface area contributed by atoms with E-state index in [4.69, 9.17) is 10.5 Å². The number of fused-ring (bicyclic) bond motifs is 1. The molecule has 1 aromatic carbocycles. The summed E-state index contributed by atoms with van der Waals surface area (Å²) in [6.45, 7) is 0. The van der Waals surface area contributed by atoms with Gasteiger partial charge in [0, 0.05) is 12.8 Å². The Hall–Kier alpha value is -1.70. The molecule has 1 fully saturated rings. The lowest BCUT2D eigenvalue weighted by Gasteiger charge is -2.29. The van der Waals surface area contributed by atoms with E-state index in [0.717, 1.165) is 0 Å². The van der Waals surface area contributed by atoms with Crippen molar-refractivity contribution in [2.24, 2.45) is 10.1 Å². The molecule has 120 valence electrons. The maximum absolute atomic E-state index is 13.2. The van der Waals surface area contributed by atoms with Crippen LogP contribution in [0.5, 0.6) is 5.75 Å². The van der Waals surface area contributed by atoms with Crippen LogP contribution in [0.25, 0.3) is 0 Å². The van der Waals surface area contributed by atoms with Gasteiger partial charge in [-0.3, -0.25) is 0 Å². The van der Waals surface area contributed by atoms with Crippen molar-refractivity contribution >= 4 is 15.9 Å². The van der Waals surface area contributed by atoms with Crippen LogP contribution in [-0.2, 0) is 15.8 Å². The number of sulfonamides is 1. The third-order valence-electron chi connectivity index (χ3n) is 3.90. The van der Waals surface area contributed by atoms with Gasteiger partial charge in [-0.15, -0.1) is 4.40 Å². The van der Waals surface area contributed by atoms with Gasteiger partial charge >= 0.3 is 0 Å². The van der Waals surface area contributed by atoms with Gasteiger partial charge in [-0.05, 0) is 24.5 Å². The number of rotatable bonds is 2. The molecule has 5 nitrogen and oxygen atoms in total. The Labute approximate surface area is 127 Å². The maximum atomic E-state index is 13.2. The number of nitrogens with two attached hydrogens (primary N) is 1. The van der Waals surface area contributed by atoms with Crippen molar-refractivity contribution in [3.63, 3.8) is 0 Å². The number of benzene rings is 1. The van der Waals surface area contributed by atoms with Crippen molar-refractivity contribution in [3.05, 3.63) is 29.3 Å². The van der Waals surface area contributed by atoms with Crippen molar-refractivity contribution in [2.45, 2.75) is 43.5 Å². The molecule has 0 radical (unpaired) electrons. The molecule has 0 atom stereocenters. The molecule has 1 aliphatic carbocycles. The molecule has 1 aliphatic heterocycles. The number of ether oxygens (including phenoxy) is 1. The smallest absolute Gasteiger partial charge is 0.259 e. The Bertz CT molecular complexity index is 722. The van der Waals surface area contributed by atoms with E-state index in [1.807, 2.05) is 0 Å². The topological polar surface area (TPSA) is 81.8 Å². The highest BCUT2D eigenvalue weighted by Crippen LogP contribution is 2.36. The van der Waals surface area contributed by atoms with Crippen LogP contribution in [0.3, 0.4) is 0 Å². The van der Waals surface area contributed by atoms with Gasteiger partial charge in [0.05, 0.1) is 17.4 Å². The predicted molar refractivity (Wildman–Crippen MR) is 77.6 cm³/mol. The summed E-state index contributed by atoms with van der Waals surface area (Å²) in [5, 5.41) is 0. The number of halogens is 2. The first-order valence-corrected chi connectivity index (χ1v) is 8.61.